The number of fused-ring (bicyclic) bond motifs is 2. The molecule has 2 N–H and O–H groups in total. The summed E-state index contributed by atoms with van der Waals surface area (Å²) in [5.41, 5.74) is 2.97. The number of sulfonamides is 1. The number of benzene rings is 3. The number of para-hydroxylation sites is 1. The summed E-state index contributed by atoms with van der Waals surface area (Å²) >= 11 is 0. The molecule has 5 aromatic rings. The predicted molar refractivity (Wildman–Crippen MR) is 188 cm³/mol. The molecule has 0 atom stereocenters. The van der Waals surface area contributed by atoms with Crippen LogP contribution in [0.2, 0.25) is 0 Å². The van der Waals surface area contributed by atoms with E-state index < -0.39 is 10.0 Å². The Labute approximate surface area is 272 Å². The second kappa shape index (κ2) is 14.0. The summed E-state index contributed by atoms with van der Waals surface area (Å²) in [4.78, 5) is 18.7. The van der Waals surface area contributed by atoms with E-state index in [1.54, 1.807) is 6.07 Å². The first kappa shape index (κ1) is 31.7. The highest BCUT2D eigenvalue weighted by molar-refractivity contribution is 7.89. The van der Waals surface area contributed by atoms with Crippen LogP contribution in [0.5, 0.6) is 0 Å². The number of nitrogens with zero attached hydrogens (tertiary/aromatic N) is 5. The lowest BCUT2D eigenvalue weighted by Crippen LogP contribution is -2.32. The van der Waals surface area contributed by atoms with Crippen molar-refractivity contribution in [2.45, 2.75) is 37.0 Å². The van der Waals surface area contributed by atoms with Gasteiger partial charge in [-0.15, -0.1) is 0 Å². The molecule has 0 saturated heterocycles. The normalized spacial score (nSPS) is 16.8. The van der Waals surface area contributed by atoms with Crippen LogP contribution in [0.25, 0.3) is 21.7 Å². The molecule has 10 heteroatoms. The van der Waals surface area contributed by atoms with Crippen molar-refractivity contribution in [2.24, 2.45) is 11.8 Å². The van der Waals surface area contributed by atoms with Crippen molar-refractivity contribution in [3.8, 4) is 0 Å². The molecule has 0 unspecified atom stereocenters. The van der Waals surface area contributed by atoms with Crippen molar-refractivity contribution < 1.29 is 8.42 Å². The van der Waals surface area contributed by atoms with Crippen LogP contribution in [0, 0.1) is 11.8 Å². The Morgan fingerprint density at radius 3 is 2.22 bits per heavy atom. The van der Waals surface area contributed by atoms with E-state index in [4.69, 9.17) is 9.97 Å². The highest BCUT2D eigenvalue weighted by atomic mass is 32.2. The van der Waals surface area contributed by atoms with E-state index in [9.17, 15) is 8.42 Å². The number of aromatic nitrogens is 3. The number of nitrogens with one attached hydrogen (secondary N) is 2. The lowest BCUT2D eigenvalue weighted by atomic mass is 9.82. The number of hydrogen-bond acceptors (Lipinski definition) is 8. The van der Waals surface area contributed by atoms with Gasteiger partial charge >= 0.3 is 0 Å². The second-order valence-corrected chi connectivity index (χ2v) is 14.3. The molecule has 240 valence electrons. The van der Waals surface area contributed by atoms with Crippen LogP contribution < -0.4 is 19.8 Å². The topological polar surface area (TPSA) is 103 Å². The van der Waals surface area contributed by atoms with Crippen LogP contribution >= 0.6 is 0 Å². The first-order chi connectivity index (χ1) is 22.3. The van der Waals surface area contributed by atoms with E-state index in [0.29, 0.717) is 29.2 Å². The zero-order valence-corrected chi connectivity index (χ0v) is 27.7. The second-order valence-electron chi connectivity index (χ2n) is 12.5. The van der Waals surface area contributed by atoms with E-state index in [1.165, 1.54) is 0 Å². The molecule has 2 aromatic heterocycles. The van der Waals surface area contributed by atoms with Gasteiger partial charge in [-0.05, 0) is 73.9 Å². The van der Waals surface area contributed by atoms with Gasteiger partial charge in [0.15, 0.2) is 0 Å². The number of hydrogen-bond donors (Lipinski definition) is 2. The van der Waals surface area contributed by atoms with Crippen LogP contribution in [-0.4, -0.2) is 64.1 Å². The molecule has 6 rings (SSSR count). The molecule has 1 saturated carbocycles. The van der Waals surface area contributed by atoms with Gasteiger partial charge < -0.3 is 15.1 Å². The van der Waals surface area contributed by atoms with Crippen molar-refractivity contribution in [1.82, 2.24) is 19.7 Å². The number of anilines is 3. The van der Waals surface area contributed by atoms with Crippen molar-refractivity contribution in [3.05, 3.63) is 90.8 Å². The molecule has 0 radical (unpaired) electrons. The molecule has 1 aliphatic carbocycles. The minimum absolute atomic E-state index is 0.314. The Morgan fingerprint density at radius 2 is 1.46 bits per heavy atom. The predicted octanol–water partition coefficient (Wildman–Crippen LogP) is 6.12. The van der Waals surface area contributed by atoms with Crippen LogP contribution in [-0.2, 0) is 16.4 Å². The lowest BCUT2D eigenvalue weighted by molar-refractivity contribution is 0.284. The Hall–Kier alpha value is -4.28. The smallest absolute Gasteiger partial charge is 0.241 e. The monoisotopic (exact) mass is 637 g/mol. The minimum Gasteiger partial charge on any atom is -0.377 e. The van der Waals surface area contributed by atoms with Gasteiger partial charge in [-0.2, -0.15) is 4.98 Å². The maximum atomic E-state index is 13.4. The Morgan fingerprint density at radius 1 is 0.761 bits per heavy atom. The SMILES string of the molecule is CN(C)c1cccc2c(S(=O)(=O)NCC3CCC(CNc4nc(N(C)CCc5ccccn5)c5ccccc5n4)CC3)cccc12. The van der Waals surface area contributed by atoms with Gasteiger partial charge in [-0.3, -0.25) is 4.98 Å². The average molecular weight is 638 g/mol. The fourth-order valence-corrected chi connectivity index (χ4v) is 7.77. The van der Waals surface area contributed by atoms with Gasteiger partial charge in [0.2, 0.25) is 16.0 Å². The Kier molecular flexibility index (Phi) is 9.65. The van der Waals surface area contributed by atoms with E-state index in [2.05, 4.69) is 39.1 Å². The van der Waals surface area contributed by atoms with Gasteiger partial charge in [0, 0.05) is 80.9 Å². The maximum Gasteiger partial charge on any atom is 0.241 e. The Balaban J connectivity index is 1.04. The number of likely N-dealkylation sites (N-methyl/N-ethyl adjacent to an activating group) is 1. The summed E-state index contributed by atoms with van der Waals surface area (Å²) in [7, 11) is 2.36. The van der Waals surface area contributed by atoms with Crippen molar-refractivity contribution >= 4 is 49.2 Å². The zero-order chi connectivity index (χ0) is 32.1. The first-order valence-electron chi connectivity index (χ1n) is 16.1. The fraction of sp³-hybridized carbons (Fsp3) is 0.361. The standard InChI is InChI=1S/C36H43N7O2S/c1-42(2)33-15-8-13-30-29(33)12-9-16-34(30)46(44,45)39-25-27-19-17-26(18-20-27)24-38-36-40-32-14-5-4-11-31(32)35(41-36)43(3)23-21-28-10-6-7-22-37-28/h4-16,22,26-27,39H,17-21,23-25H2,1-3H3,(H,38,40,41). The summed E-state index contributed by atoms with van der Waals surface area (Å²) < 4.78 is 29.8. The van der Waals surface area contributed by atoms with Gasteiger partial charge in [-0.25, -0.2) is 18.1 Å². The maximum absolute atomic E-state index is 13.4. The molecule has 0 amide bonds. The van der Waals surface area contributed by atoms with Crippen LogP contribution in [0.4, 0.5) is 17.5 Å². The van der Waals surface area contributed by atoms with Crippen LogP contribution in [0.1, 0.15) is 31.4 Å². The summed E-state index contributed by atoms with van der Waals surface area (Å²) in [6.07, 6.45) is 6.69. The number of pyridine rings is 1. The molecule has 0 spiro atoms. The molecule has 9 nitrogen and oxygen atoms in total. The average Bonchev–Trinajstić information content (AvgIpc) is 3.08. The van der Waals surface area contributed by atoms with E-state index in [0.717, 1.165) is 84.1 Å². The largest absolute Gasteiger partial charge is 0.377 e. The Bertz CT molecular complexity index is 1890. The molecule has 0 aliphatic heterocycles. The summed E-state index contributed by atoms with van der Waals surface area (Å²) in [6.45, 7) is 2.04. The van der Waals surface area contributed by atoms with E-state index in [1.807, 2.05) is 85.9 Å². The third-order valence-electron chi connectivity index (χ3n) is 9.08. The van der Waals surface area contributed by atoms with Crippen LogP contribution in [0.15, 0.2) is 90.0 Å². The highest BCUT2D eigenvalue weighted by Gasteiger charge is 2.25. The molecule has 0 bridgehead atoms. The summed E-state index contributed by atoms with van der Waals surface area (Å²) in [5.74, 6) is 2.34. The van der Waals surface area contributed by atoms with Crippen molar-refractivity contribution in [2.75, 3.05) is 55.9 Å². The van der Waals surface area contributed by atoms with E-state index >= 15 is 0 Å². The quantitative estimate of drug-likeness (QED) is 0.169. The van der Waals surface area contributed by atoms with Crippen molar-refractivity contribution in [3.63, 3.8) is 0 Å². The third-order valence-corrected chi connectivity index (χ3v) is 10.6. The summed E-state index contributed by atoms with van der Waals surface area (Å²) in [5, 5.41) is 6.23. The third kappa shape index (κ3) is 7.24. The molecule has 3 aromatic carbocycles. The highest BCUT2D eigenvalue weighted by Crippen LogP contribution is 2.32. The molecule has 2 heterocycles. The molecule has 46 heavy (non-hydrogen) atoms. The van der Waals surface area contributed by atoms with Gasteiger partial charge in [0.1, 0.15) is 5.82 Å². The van der Waals surface area contributed by atoms with Crippen molar-refractivity contribution in [1.29, 1.82) is 0 Å². The number of rotatable bonds is 12. The molecule has 1 fully saturated rings. The van der Waals surface area contributed by atoms with Crippen LogP contribution in [0.3, 0.4) is 0 Å². The molecular formula is C36H43N7O2S. The lowest BCUT2D eigenvalue weighted by Gasteiger charge is -2.29. The fourth-order valence-electron chi connectivity index (χ4n) is 6.43. The molecular weight excluding hydrogens is 595 g/mol. The van der Waals surface area contributed by atoms with Gasteiger partial charge in [0.25, 0.3) is 0 Å². The molecule has 1 aliphatic rings. The van der Waals surface area contributed by atoms with E-state index in [-0.39, 0.29) is 0 Å². The summed E-state index contributed by atoms with van der Waals surface area (Å²) in [6, 6.07) is 25.4. The van der Waals surface area contributed by atoms with Gasteiger partial charge in [0.05, 0.1) is 10.4 Å². The first-order valence-corrected chi connectivity index (χ1v) is 17.6. The minimum atomic E-state index is -3.64. The zero-order valence-electron chi connectivity index (χ0n) is 26.9. The van der Waals surface area contributed by atoms with Gasteiger partial charge in [-0.1, -0.05) is 42.5 Å².